The van der Waals surface area contributed by atoms with E-state index in [2.05, 4.69) is 78.9 Å². The molecule has 1 aromatic heterocycles. The summed E-state index contributed by atoms with van der Waals surface area (Å²) in [6.07, 6.45) is 0. The summed E-state index contributed by atoms with van der Waals surface area (Å²) in [5.74, 6) is 0. The largest absolute Gasteiger partial charge is 0.309 e. The molecule has 2 aromatic rings. The van der Waals surface area contributed by atoms with Crippen molar-refractivity contribution in [3.05, 3.63) is 54.2 Å². The molecule has 0 spiro atoms. The summed E-state index contributed by atoms with van der Waals surface area (Å²) in [5, 5.41) is 7.68. The predicted octanol–water partition coefficient (Wildman–Crippen LogP) is 4.42. The fourth-order valence-electron chi connectivity index (χ4n) is 1.68. The monoisotopic (exact) mass is 407 g/mol. The van der Waals surface area contributed by atoms with Gasteiger partial charge in [0.15, 0.2) is 0 Å². The standard InChI is InChI=1S/C12H11BrINS/c1-15-12(8-4-5-16-7-8)10-6-9(13)2-3-11(10)14/h2-7,12,15H,1H3. The van der Waals surface area contributed by atoms with Crippen LogP contribution in [0, 0.1) is 3.57 Å². The maximum atomic E-state index is 3.53. The van der Waals surface area contributed by atoms with Gasteiger partial charge >= 0.3 is 0 Å². The number of hydrogen-bond donors (Lipinski definition) is 1. The highest BCUT2D eigenvalue weighted by Crippen LogP contribution is 2.29. The van der Waals surface area contributed by atoms with Crippen molar-refractivity contribution in [2.75, 3.05) is 7.05 Å². The molecule has 4 heteroatoms. The van der Waals surface area contributed by atoms with Crippen LogP contribution in [0.1, 0.15) is 17.2 Å². The molecule has 0 aliphatic carbocycles. The van der Waals surface area contributed by atoms with Crippen molar-refractivity contribution in [2.45, 2.75) is 6.04 Å². The lowest BCUT2D eigenvalue weighted by Crippen LogP contribution is -2.18. The summed E-state index contributed by atoms with van der Waals surface area (Å²) in [6, 6.07) is 8.83. The second-order valence-electron chi connectivity index (χ2n) is 3.44. The number of benzene rings is 1. The number of nitrogens with one attached hydrogen (secondary N) is 1. The van der Waals surface area contributed by atoms with Crippen LogP contribution in [0.4, 0.5) is 0 Å². The fourth-order valence-corrected chi connectivity index (χ4v) is 3.39. The lowest BCUT2D eigenvalue weighted by Gasteiger charge is -2.17. The Labute approximate surface area is 122 Å². The van der Waals surface area contributed by atoms with Gasteiger partial charge in [-0.05, 0) is 75.8 Å². The van der Waals surface area contributed by atoms with Crippen molar-refractivity contribution in [1.82, 2.24) is 5.32 Å². The van der Waals surface area contributed by atoms with E-state index in [9.17, 15) is 0 Å². The highest BCUT2D eigenvalue weighted by molar-refractivity contribution is 14.1. The molecule has 1 aromatic carbocycles. The molecule has 1 nitrogen and oxygen atoms in total. The molecule has 84 valence electrons. The summed E-state index contributed by atoms with van der Waals surface area (Å²) >= 11 is 7.65. The van der Waals surface area contributed by atoms with Crippen molar-refractivity contribution in [3.63, 3.8) is 0 Å². The van der Waals surface area contributed by atoms with Crippen molar-refractivity contribution in [1.29, 1.82) is 0 Å². The molecule has 0 fully saturated rings. The van der Waals surface area contributed by atoms with Crippen LogP contribution in [0.2, 0.25) is 0 Å². The van der Waals surface area contributed by atoms with Crippen LogP contribution in [0.3, 0.4) is 0 Å². The molecule has 1 atom stereocenters. The van der Waals surface area contributed by atoms with E-state index in [4.69, 9.17) is 0 Å². The van der Waals surface area contributed by atoms with Gasteiger partial charge in [-0.15, -0.1) is 0 Å². The van der Waals surface area contributed by atoms with E-state index < -0.39 is 0 Å². The van der Waals surface area contributed by atoms with Crippen LogP contribution in [-0.2, 0) is 0 Å². The van der Waals surface area contributed by atoms with E-state index in [1.807, 2.05) is 7.05 Å². The van der Waals surface area contributed by atoms with E-state index in [0.717, 1.165) is 4.47 Å². The maximum Gasteiger partial charge on any atom is 0.0593 e. The van der Waals surface area contributed by atoms with E-state index in [0.29, 0.717) is 0 Å². The van der Waals surface area contributed by atoms with E-state index >= 15 is 0 Å². The van der Waals surface area contributed by atoms with E-state index in [-0.39, 0.29) is 6.04 Å². The third-order valence-corrected chi connectivity index (χ3v) is 4.61. The van der Waals surface area contributed by atoms with Crippen molar-refractivity contribution >= 4 is 49.9 Å². The summed E-state index contributed by atoms with van der Waals surface area (Å²) < 4.78 is 2.41. The fraction of sp³-hybridized carbons (Fsp3) is 0.167. The van der Waals surface area contributed by atoms with Gasteiger partial charge in [0, 0.05) is 8.04 Å². The Morgan fingerprint density at radius 2 is 2.19 bits per heavy atom. The molecule has 2 rings (SSSR count). The number of rotatable bonds is 3. The smallest absolute Gasteiger partial charge is 0.0593 e. The van der Waals surface area contributed by atoms with Gasteiger partial charge in [-0.1, -0.05) is 15.9 Å². The van der Waals surface area contributed by atoms with Crippen LogP contribution >= 0.6 is 49.9 Å². The van der Waals surface area contributed by atoms with Gasteiger partial charge in [0.2, 0.25) is 0 Å². The molecular formula is C12H11BrINS. The molecule has 0 saturated heterocycles. The molecule has 1 unspecified atom stereocenters. The highest BCUT2D eigenvalue weighted by Gasteiger charge is 2.15. The van der Waals surface area contributed by atoms with Gasteiger partial charge < -0.3 is 5.32 Å². The first-order valence-electron chi connectivity index (χ1n) is 4.86. The Hall–Kier alpha value is 0.0900. The van der Waals surface area contributed by atoms with E-state index in [1.54, 1.807) is 11.3 Å². The minimum absolute atomic E-state index is 0.274. The highest BCUT2D eigenvalue weighted by atomic mass is 127. The first-order valence-corrected chi connectivity index (χ1v) is 7.68. The Kier molecular flexibility index (Phi) is 4.41. The Morgan fingerprint density at radius 3 is 2.81 bits per heavy atom. The molecule has 16 heavy (non-hydrogen) atoms. The average Bonchev–Trinajstić information content (AvgIpc) is 2.78. The van der Waals surface area contributed by atoms with Gasteiger partial charge in [-0.2, -0.15) is 11.3 Å². The number of halogens is 2. The Balaban J connectivity index is 2.44. The van der Waals surface area contributed by atoms with Crippen LogP contribution in [0.5, 0.6) is 0 Å². The third kappa shape index (κ3) is 2.67. The number of hydrogen-bond acceptors (Lipinski definition) is 2. The molecular weight excluding hydrogens is 397 g/mol. The zero-order chi connectivity index (χ0) is 11.5. The molecule has 1 heterocycles. The van der Waals surface area contributed by atoms with Crippen molar-refractivity contribution in [2.24, 2.45) is 0 Å². The van der Waals surface area contributed by atoms with Gasteiger partial charge in [0.1, 0.15) is 0 Å². The molecule has 0 amide bonds. The summed E-state index contributed by atoms with van der Waals surface area (Å²) in [4.78, 5) is 0. The van der Waals surface area contributed by atoms with Gasteiger partial charge in [0.25, 0.3) is 0 Å². The first-order chi connectivity index (χ1) is 7.72. The maximum absolute atomic E-state index is 3.53. The minimum atomic E-state index is 0.274. The van der Waals surface area contributed by atoms with Crippen molar-refractivity contribution < 1.29 is 0 Å². The van der Waals surface area contributed by atoms with E-state index in [1.165, 1.54) is 14.7 Å². The molecule has 1 N–H and O–H groups in total. The van der Waals surface area contributed by atoms with Gasteiger partial charge in [0.05, 0.1) is 6.04 Å². The quantitative estimate of drug-likeness (QED) is 0.742. The van der Waals surface area contributed by atoms with Crippen LogP contribution in [0.15, 0.2) is 39.5 Å². The Bertz CT molecular complexity index is 470. The molecule has 0 radical (unpaired) electrons. The topological polar surface area (TPSA) is 12.0 Å². The minimum Gasteiger partial charge on any atom is -0.309 e. The normalized spacial score (nSPS) is 12.7. The summed E-state index contributed by atoms with van der Waals surface area (Å²) in [7, 11) is 2.00. The lowest BCUT2D eigenvalue weighted by atomic mass is 10.0. The SMILES string of the molecule is CNC(c1ccsc1)c1cc(Br)ccc1I. The third-order valence-electron chi connectivity index (χ3n) is 2.43. The molecule has 0 aliphatic heterocycles. The van der Waals surface area contributed by atoms with Gasteiger partial charge in [-0.3, -0.25) is 0 Å². The zero-order valence-corrected chi connectivity index (χ0v) is 13.3. The van der Waals surface area contributed by atoms with Crippen molar-refractivity contribution in [3.8, 4) is 0 Å². The molecule has 0 saturated carbocycles. The number of thiophene rings is 1. The molecule has 0 aliphatic rings. The predicted molar refractivity (Wildman–Crippen MR) is 82.1 cm³/mol. The van der Waals surface area contributed by atoms with Crippen LogP contribution in [0.25, 0.3) is 0 Å². The first kappa shape index (κ1) is 12.5. The van der Waals surface area contributed by atoms with Crippen LogP contribution < -0.4 is 5.32 Å². The second kappa shape index (κ2) is 5.62. The van der Waals surface area contributed by atoms with Crippen LogP contribution in [-0.4, -0.2) is 7.05 Å². The second-order valence-corrected chi connectivity index (χ2v) is 6.30. The van der Waals surface area contributed by atoms with Gasteiger partial charge in [-0.25, -0.2) is 0 Å². The summed E-state index contributed by atoms with van der Waals surface area (Å²) in [6.45, 7) is 0. The summed E-state index contributed by atoms with van der Waals surface area (Å²) in [5.41, 5.74) is 2.64. The Morgan fingerprint density at radius 1 is 1.38 bits per heavy atom. The lowest BCUT2D eigenvalue weighted by molar-refractivity contribution is 0.690. The molecule has 0 bridgehead atoms. The zero-order valence-electron chi connectivity index (χ0n) is 8.71. The average molecular weight is 408 g/mol.